The topological polar surface area (TPSA) is 121 Å². The first-order chi connectivity index (χ1) is 23.9. The summed E-state index contributed by atoms with van der Waals surface area (Å²) in [6.45, 7) is 2.65. The van der Waals surface area contributed by atoms with E-state index in [9.17, 15) is 9.90 Å². The SMILES string of the molecule is CC1C(CSc2ncn[nH]2)OC(c2ccc(-c3cccc(CNC(=O)NC45CC6CC(CC(C6)C4)C5)c3)cc2)OC1c1ccc(CO)cc1. The Morgan fingerprint density at radius 3 is 2.31 bits per heavy atom. The smallest absolute Gasteiger partial charge is 0.315 e. The van der Waals surface area contributed by atoms with Crippen molar-refractivity contribution in [3.63, 3.8) is 0 Å². The Balaban J connectivity index is 0.931. The zero-order chi connectivity index (χ0) is 33.4. The second kappa shape index (κ2) is 13.9. The number of nitrogens with one attached hydrogen (secondary N) is 3. The van der Waals surface area contributed by atoms with Crippen molar-refractivity contribution in [2.75, 3.05) is 5.75 Å². The van der Waals surface area contributed by atoms with Gasteiger partial charge in [-0.3, -0.25) is 5.10 Å². The first-order valence-electron chi connectivity index (χ1n) is 17.7. The van der Waals surface area contributed by atoms with Gasteiger partial charge in [-0.15, -0.1) is 0 Å². The van der Waals surface area contributed by atoms with E-state index in [0.717, 1.165) is 75.6 Å². The van der Waals surface area contributed by atoms with Crippen molar-refractivity contribution in [1.29, 1.82) is 0 Å². The van der Waals surface area contributed by atoms with Crippen molar-refractivity contribution in [3.05, 3.63) is 101 Å². The summed E-state index contributed by atoms with van der Waals surface area (Å²) in [6.07, 6.45) is 8.22. The van der Waals surface area contributed by atoms with Gasteiger partial charge in [0.1, 0.15) is 6.33 Å². The second-order valence-electron chi connectivity index (χ2n) is 14.8. The highest BCUT2D eigenvalue weighted by Gasteiger charge is 2.51. The number of rotatable bonds is 10. The summed E-state index contributed by atoms with van der Waals surface area (Å²) in [7, 11) is 0. The highest BCUT2D eigenvalue weighted by Crippen LogP contribution is 2.55. The van der Waals surface area contributed by atoms with Crippen LogP contribution in [0.15, 0.2) is 84.3 Å². The van der Waals surface area contributed by atoms with E-state index in [2.05, 4.69) is 81.3 Å². The Kier molecular flexibility index (Phi) is 9.22. The van der Waals surface area contributed by atoms with Crippen molar-refractivity contribution in [2.24, 2.45) is 23.7 Å². The number of aromatic nitrogens is 3. The third-order valence-corrected chi connectivity index (χ3v) is 12.2. The fraction of sp³-hybridized carbons (Fsp3) is 0.462. The van der Waals surface area contributed by atoms with E-state index in [1.807, 2.05) is 24.3 Å². The molecule has 4 atom stereocenters. The molecule has 5 fully saturated rings. The minimum absolute atomic E-state index is 0.00626. The summed E-state index contributed by atoms with van der Waals surface area (Å²) >= 11 is 1.59. The van der Waals surface area contributed by atoms with Crippen LogP contribution in [0.1, 0.15) is 80.1 Å². The molecular weight excluding hydrogens is 635 g/mol. The van der Waals surface area contributed by atoms with Gasteiger partial charge >= 0.3 is 6.03 Å². The molecule has 1 saturated heterocycles. The van der Waals surface area contributed by atoms with Crippen molar-refractivity contribution in [2.45, 2.75) is 87.8 Å². The molecule has 0 spiro atoms. The summed E-state index contributed by atoms with van der Waals surface area (Å²) < 4.78 is 13.2. The minimum Gasteiger partial charge on any atom is -0.392 e. The first kappa shape index (κ1) is 32.5. The second-order valence-corrected chi connectivity index (χ2v) is 15.8. The van der Waals surface area contributed by atoms with Crippen molar-refractivity contribution < 1.29 is 19.4 Å². The largest absolute Gasteiger partial charge is 0.392 e. The maximum absolute atomic E-state index is 13.1. The molecule has 4 aliphatic carbocycles. The molecule has 0 radical (unpaired) electrons. The molecule has 3 aromatic carbocycles. The maximum atomic E-state index is 13.1. The monoisotopic (exact) mass is 679 g/mol. The molecule has 4 unspecified atom stereocenters. The molecule has 4 bridgehead atoms. The third-order valence-electron chi connectivity index (χ3n) is 11.2. The van der Waals surface area contributed by atoms with Gasteiger partial charge < -0.3 is 25.2 Å². The Morgan fingerprint density at radius 2 is 1.63 bits per heavy atom. The zero-order valence-electron chi connectivity index (χ0n) is 27.9. The summed E-state index contributed by atoms with van der Waals surface area (Å²) in [5.41, 5.74) is 6.12. The summed E-state index contributed by atoms with van der Waals surface area (Å²) in [5.74, 6) is 3.17. The fourth-order valence-corrected chi connectivity index (χ4v) is 10.1. The molecule has 2 amide bonds. The molecule has 9 nitrogen and oxygen atoms in total. The standard InChI is InChI=1S/C39H45N5O4S/c1-24-34(22-49-38-41-23-42-44-38)47-36(48-35(24)31-7-5-25(21-45)6-8-31)32-11-9-30(10-12-32)33-4-2-3-26(16-33)20-40-37(46)43-39-17-27-13-28(18-39)15-29(14-27)19-39/h2-12,16,23-24,27-29,34-36,45H,13-15,17-22H2,1H3,(H2,40,43,46)(H,41,42,44). The van der Waals surface area contributed by atoms with Gasteiger partial charge in [0, 0.05) is 29.3 Å². The number of hydrogen-bond donors (Lipinski definition) is 4. The van der Waals surface area contributed by atoms with Gasteiger partial charge in [-0.1, -0.05) is 85.4 Å². The van der Waals surface area contributed by atoms with E-state index in [1.54, 1.807) is 11.8 Å². The zero-order valence-corrected chi connectivity index (χ0v) is 28.7. The Labute approximate surface area is 292 Å². The number of H-pyrrole nitrogens is 1. The van der Waals surface area contributed by atoms with Crippen LogP contribution in [0, 0.1) is 23.7 Å². The Morgan fingerprint density at radius 1 is 0.918 bits per heavy atom. The molecule has 1 aromatic heterocycles. The van der Waals surface area contributed by atoms with E-state index in [0.29, 0.717) is 12.3 Å². The van der Waals surface area contributed by atoms with Crippen LogP contribution in [0.25, 0.3) is 11.1 Å². The van der Waals surface area contributed by atoms with E-state index in [1.165, 1.54) is 25.6 Å². The van der Waals surface area contributed by atoms with Crippen LogP contribution in [0.5, 0.6) is 0 Å². The van der Waals surface area contributed by atoms with Crippen molar-refractivity contribution >= 4 is 17.8 Å². The van der Waals surface area contributed by atoms with Gasteiger partial charge in [0.05, 0.1) is 18.8 Å². The lowest BCUT2D eigenvalue weighted by Crippen LogP contribution is -2.61. The number of nitrogens with zero attached hydrogens (tertiary/aromatic N) is 2. The number of hydrogen-bond acceptors (Lipinski definition) is 7. The summed E-state index contributed by atoms with van der Waals surface area (Å²) in [5, 5.41) is 23.8. The summed E-state index contributed by atoms with van der Waals surface area (Å²) in [4.78, 5) is 17.3. The number of thioether (sulfide) groups is 1. The van der Waals surface area contributed by atoms with Gasteiger partial charge in [0.25, 0.3) is 0 Å². The van der Waals surface area contributed by atoms with E-state index >= 15 is 0 Å². The molecule has 9 rings (SSSR count). The number of urea groups is 1. The number of carbonyl (C=O) groups is 1. The fourth-order valence-electron chi connectivity index (χ4n) is 9.16. The normalized spacial score (nSPS) is 30.3. The average Bonchev–Trinajstić information content (AvgIpc) is 3.64. The Bertz CT molecular complexity index is 1700. The molecule has 2 heterocycles. The predicted molar refractivity (Wildman–Crippen MR) is 188 cm³/mol. The third kappa shape index (κ3) is 7.15. The van der Waals surface area contributed by atoms with E-state index in [4.69, 9.17) is 9.47 Å². The van der Waals surface area contributed by atoms with Crippen LogP contribution in [0.3, 0.4) is 0 Å². The number of ether oxygens (including phenoxy) is 2. The lowest BCUT2D eigenvalue weighted by Gasteiger charge is -2.56. The number of benzene rings is 3. The highest BCUT2D eigenvalue weighted by molar-refractivity contribution is 7.99. The molecule has 5 aliphatic rings. The number of aromatic amines is 1. The van der Waals surface area contributed by atoms with Gasteiger partial charge in [0.2, 0.25) is 0 Å². The predicted octanol–water partition coefficient (Wildman–Crippen LogP) is 7.32. The lowest BCUT2D eigenvalue weighted by atomic mass is 9.53. The average molecular weight is 680 g/mol. The molecule has 10 heteroatoms. The molecule has 49 heavy (non-hydrogen) atoms. The molecule has 256 valence electrons. The van der Waals surface area contributed by atoms with Gasteiger partial charge in [0.15, 0.2) is 11.4 Å². The summed E-state index contributed by atoms with van der Waals surface area (Å²) in [6, 6.07) is 24.7. The molecule has 4 saturated carbocycles. The number of amides is 2. The van der Waals surface area contributed by atoms with Gasteiger partial charge in [-0.25, -0.2) is 9.78 Å². The maximum Gasteiger partial charge on any atom is 0.315 e. The quantitative estimate of drug-likeness (QED) is 0.130. The van der Waals surface area contributed by atoms with E-state index < -0.39 is 6.29 Å². The lowest BCUT2D eigenvalue weighted by molar-refractivity contribution is -0.268. The molecular formula is C39H45N5O4S. The van der Waals surface area contributed by atoms with E-state index in [-0.39, 0.29) is 36.3 Å². The highest BCUT2D eigenvalue weighted by atomic mass is 32.2. The van der Waals surface area contributed by atoms with Crippen LogP contribution >= 0.6 is 11.8 Å². The van der Waals surface area contributed by atoms with Crippen LogP contribution in [-0.2, 0) is 22.6 Å². The van der Waals surface area contributed by atoms with Crippen molar-refractivity contribution in [1.82, 2.24) is 25.8 Å². The van der Waals surface area contributed by atoms with Crippen LogP contribution in [0.4, 0.5) is 4.79 Å². The Hall–Kier alpha value is -3.70. The number of aliphatic hydroxyl groups excluding tert-OH is 1. The number of carbonyl (C=O) groups excluding carboxylic acids is 1. The van der Waals surface area contributed by atoms with Crippen LogP contribution in [-0.4, -0.2) is 43.7 Å². The van der Waals surface area contributed by atoms with Gasteiger partial charge in [-0.05, 0) is 90.2 Å². The molecule has 4 N–H and O–H groups in total. The molecule has 4 aromatic rings. The minimum atomic E-state index is -0.545. The molecule has 1 aliphatic heterocycles. The number of aliphatic hydroxyl groups is 1. The first-order valence-corrected chi connectivity index (χ1v) is 18.6. The van der Waals surface area contributed by atoms with Gasteiger partial charge in [-0.2, -0.15) is 5.10 Å². The van der Waals surface area contributed by atoms with Crippen LogP contribution in [0.2, 0.25) is 0 Å². The van der Waals surface area contributed by atoms with Crippen LogP contribution < -0.4 is 10.6 Å². The van der Waals surface area contributed by atoms with Crippen molar-refractivity contribution in [3.8, 4) is 11.1 Å².